The molecule has 3 aromatic rings. The lowest BCUT2D eigenvalue weighted by Crippen LogP contribution is -2.13. The number of amides is 1. The van der Waals surface area contributed by atoms with Crippen LogP contribution in [0, 0.1) is 0 Å². The molecule has 1 heterocycles. The van der Waals surface area contributed by atoms with Crippen molar-refractivity contribution < 1.29 is 23.1 Å². The maximum atomic E-state index is 12.6. The van der Waals surface area contributed by atoms with Crippen LogP contribution >= 0.6 is 11.3 Å². The molecule has 1 amide bonds. The maximum absolute atomic E-state index is 12.6. The Labute approximate surface area is 167 Å². The van der Waals surface area contributed by atoms with Gasteiger partial charge in [-0.05, 0) is 47.8 Å². The summed E-state index contributed by atoms with van der Waals surface area (Å²) >= 11 is 1.58. The van der Waals surface area contributed by atoms with Crippen LogP contribution in [0.2, 0.25) is 0 Å². The number of carbonyl (C=O) groups is 1. The van der Waals surface area contributed by atoms with Gasteiger partial charge in [-0.3, -0.25) is 4.79 Å². The van der Waals surface area contributed by atoms with E-state index in [4.69, 9.17) is 4.74 Å². The minimum atomic E-state index is -3.45. The summed E-state index contributed by atoms with van der Waals surface area (Å²) in [6.07, 6.45) is 0. The molecule has 0 saturated carbocycles. The van der Waals surface area contributed by atoms with Crippen molar-refractivity contribution in [3.05, 3.63) is 70.4 Å². The lowest BCUT2D eigenvalue weighted by molar-refractivity contribution is 0.102. The molecule has 146 valence electrons. The largest absolute Gasteiger partial charge is 0.506 e. The summed E-state index contributed by atoms with van der Waals surface area (Å²) in [6.45, 7) is 1.93. The zero-order valence-corrected chi connectivity index (χ0v) is 16.7. The Morgan fingerprint density at radius 3 is 2.68 bits per heavy atom. The number of carbonyl (C=O) groups excluding carboxylic acids is 1. The summed E-state index contributed by atoms with van der Waals surface area (Å²) in [6, 6.07) is 14.3. The molecule has 0 fully saturated rings. The van der Waals surface area contributed by atoms with Crippen molar-refractivity contribution in [3.8, 4) is 11.5 Å². The van der Waals surface area contributed by atoms with E-state index in [-0.39, 0.29) is 22.1 Å². The number of anilines is 1. The monoisotopic (exact) mass is 417 g/mol. The van der Waals surface area contributed by atoms with E-state index in [9.17, 15) is 18.3 Å². The molecule has 2 aromatic carbocycles. The average Bonchev–Trinajstić information content (AvgIpc) is 3.22. The van der Waals surface area contributed by atoms with Crippen LogP contribution in [0.25, 0.3) is 0 Å². The number of hydrogen-bond donors (Lipinski definition) is 2. The molecule has 8 heteroatoms. The van der Waals surface area contributed by atoms with Crippen molar-refractivity contribution in [2.75, 3.05) is 11.1 Å². The Morgan fingerprint density at radius 1 is 1.14 bits per heavy atom. The van der Waals surface area contributed by atoms with Crippen LogP contribution < -0.4 is 10.1 Å². The third kappa shape index (κ3) is 4.71. The second kappa shape index (κ2) is 8.45. The van der Waals surface area contributed by atoms with Gasteiger partial charge in [-0.1, -0.05) is 19.1 Å². The summed E-state index contributed by atoms with van der Waals surface area (Å²) in [5, 5.41) is 14.5. The molecule has 0 unspecified atom stereocenters. The minimum absolute atomic E-state index is 0.0319. The van der Waals surface area contributed by atoms with Gasteiger partial charge >= 0.3 is 0 Å². The summed E-state index contributed by atoms with van der Waals surface area (Å²) < 4.78 is 29.7. The highest BCUT2D eigenvalue weighted by Gasteiger charge is 2.16. The summed E-state index contributed by atoms with van der Waals surface area (Å²) in [5.41, 5.74) is 0.358. The second-order valence-electron chi connectivity index (χ2n) is 5.93. The number of nitrogens with one attached hydrogen (secondary N) is 1. The Morgan fingerprint density at radius 2 is 1.96 bits per heavy atom. The van der Waals surface area contributed by atoms with Gasteiger partial charge < -0.3 is 15.2 Å². The first-order chi connectivity index (χ1) is 13.4. The number of aromatic hydroxyl groups is 1. The molecular weight excluding hydrogens is 398 g/mol. The van der Waals surface area contributed by atoms with Crippen LogP contribution in [0.5, 0.6) is 11.5 Å². The third-order valence-electron chi connectivity index (χ3n) is 4.01. The lowest BCUT2D eigenvalue weighted by Gasteiger charge is -2.11. The fourth-order valence-corrected chi connectivity index (χ4v) is 3.97. The molecule has 0 aliphatic rings. The predicted octanol–water partition coefficient (Wildman–Crippen LogP) is 4.08. The quantitative estimate of drug-likeness (QED) is 0.565. The molecule has 0 bridgehead atoms. The van der Waals surface area contributed by atoms with E-state index >= 15 is 0 Å². The first-order valence-electron chi connectivity index (χ1n) is 8.51. The molecule has 6 nitrogen and oxygen atoms in total. The van der Waals surface area contributed by atoms with E-state index in [2.05, 4.69) is 5.32 Å². The van der Waals surface area contributed by atoms with E-state index in [1.54, 1.807) is 35.6 Å². The van der Waals surface area contributed by atoms with Crippen LogP contribution in [0.3, 0.4) is 0 Å². The maximum Gasteiger partial charge on any atom is 0.255 e. The highest BCUT2D eigenvalue weighted by atomic mass is 32.2. The van der Waals surface area contributed by atoms with Gasteiger partial charge in [0.25, 0.3) is 5.91 Å². The van der Waals surface area contributed by atoms with Crippen molar-refractivity contribution >= 4 is 32.8 Å². The minimum Gasteiger partial charge on any atom is -0.506 e. The Balaban J connectivity index is 1.76. The lowest BCUT2D eigenvalue weighted by atomic mass is 10.2. The van der Waals surface area contributed by atoms with Crippen molar-refractivity contribution in [2.45, 2.75) is 18.4 Å². The predicted molar refractivity (Wildman–Crippen MR) is 109 cm³/mol. The number of rotatable bonds is 7. The van der Waals surface area contributed by atoms with Gasteiger partial charge in [0.1, 0.15) is 18.1 Å². The molecule has 2 N–H and O–H groups in total. The molecule has 28 heavy (non-hydrogen) atoms. The number of benzene rings is 2. The van der Waals surface area contributed by atoms with E-state index < -0.39 is 15.7 Å². The van der Waals surface area contributed by atoms with Gasteiger partial charge in [-0.2, -0.15) is 0 Å². The second-order valence-corrected chi connectivity index (χ2v) is 9.24. The third-order valence-corrected chi connectivity index (χ3v) is 6.59. The molecule has 0 spiro atoms. The summed E-state index contributed by atoms with van der Waals surface area (Å²) in [4.78, 5) is 13.7. The first kappa shape index (κ1) is 19.9. The molecule has 0 aliphatic carbocycles. The van der Waals surface area contributed by atoms with Crippen molar-refractivity contribution in [2.24, 2.45) is 0 Å². The standard InChI is InChI=1S/C20H19NO5S2/c1-2-28(24,25)17-8-9-19(22)18(12-17)21-20(23)14-5-3-6-15(11-14)26-13-16-7-4-10-27-16/h3-12,22H,2,13H2,1H3,(H,21,23). The smallest absolute Gasteiger partial charge is 0.255 e. The van der Waals surface area contributed by atoms with Crippen LogP contribution in [-0.4, -0.2) is 25.2 Å². The molecular formula is C20H19NO5S2. The Hall–Kier alpha value is -2.84. The van der Waals surface area contributed by atoms with Crippen LogP contribution in [-0.2, 0) is 16.4 Å². The van der Waals surface area contributed by atoms with Crippen molar-refractivity contribution in [1.82, 2.24) is 0 Å². The fraction of sp³-hybridized carbons (Fsp3) is 0.150. The number of ether oxygens (including phenoxy) is 1. The van der Waals surface area contributed by atoms with Gasteiger partial charge in [-0.15, -0.1) is 11.3 Å². The van der Waals surface area contributed by atoms with Crippen LogP contribution in [0.1, 0.15) is 22.2 Å². The Bertz CT molecular complexity index is 1080. The number of phenols is 1. The zero-order valence-electron chi connectivity index (χ0n) is 15.1. The number of phenolic OH excluding ortho intramolecular Hbond substituents is 1. The van der Waals surface area contributed by atoms with Crippen molar-refractivity contribution in [1.29, 1.82) is 0 Å². The Kier molecular flexibility index (Phi) is 6.01. The van der Waals surface area contributed by atoms with Gasteiger partial charge in [0.2, 0.25) is 0 Å². The van der Waals surface area contributed by atoms with Gasteiger partial charge in [-0.25, -0.2) is 8.42 Å². The molecule has 3 rings (SSSR count). The molecule has 0 aliphatic heterocycles. The van der Waals surface area contributed by atoms with Crippen molar-refractivity contribution in [3.63, 3.8) is 0 Å². The summed E-state index contributed by atoms with van der Waals surface area (Å²) in [7, 11) is -3.45. The van der Waals surface area contributed by atoms with Crippen LogP contribution in [0.4, 0.5) is 5.69 Å². The molecule has 0 radical (unpaired) electrons. The molecule has 1 aromatic heterocycles. The molecule has 0 saturated heterocycles. The van der Waals surface area contributed by atoms with Crippen LogP contribution in [0.15, 0.2) is 64.9 Å². The molecule has 0 atom stereocenters. The highest BCUT2D eigenvalue weighted by molar-refractivity contribution is 7.91. The average molecular weight is 418 g/mol. The number of thiophene rings is 1. The van der Waals surface area contributed by atoms with E-state index in [0.717, 1.165) is 4.88 Å². The number of sulfone groups is 1. The van der Waals surface area contributed by atoms with Gasteiger partial charge in [0.15, 0.2) is 9.84 Å². The SMILES string of the molecule is CCS(=O)(=O)c1ccc(O)c(NC(=O)c2cccc(OCc3cccs3)c2)c1. The topological polar surface area (TPSA) is 92.7 Å². The van der Waals surface area contributed by atoms with Gasteiger partial charge in [0, 0.05) is 10.4 Å². The number of hydrogen-bond acceptors (Lipinski definition) is 6. The van der Waals surface area contributed by atoms with Gasteiger partial charge in [0.05, 0.1) is 16.3 Å². The van der Waals surface area contributed by atoms with E-state index in [1.807, 2.05) is 17.5 Å². The first-order valence-corrected chi connectivity index (χ1v) is 11.0. The fourth-order valence-electron chi connectivity index (χ4n) is 2.45. The summed E-state index contributed by atoms with van der Waals surface area (Å²) in [5.74, 6) is -0.238. The normalized spacial score (nSPS) is 11.2. The zero-order chi connectivity index (χ0) is 20.1. The van der Waals surface area contributed by atoms with E-state index in [1.165, 1.54) is 25.1 Å². The highest BCUT2D eigenvalue weighted by Crippen LogP contribution is 2.28. The van der Waals surface area contributed by atoms with E-state index in [0.29, 0.717) is 17.9 Å².